The number of nitro groups is 1. The highest BCUT2D eigenvalue weighted by Gasteiger charge is 2.17. The maximum absolute atomic E-state index is 12.2. The number of carbonyl (C=O) groups excluding carboxylic acids is 1. The molecule has 10 heteroatoms. The van der Waals surface area contributed by atoms with Gasteiger partial charge in [0.05, 0.1) is 23.3 Å². The second kappa shape index (κ2) is 8.35. The third-order valence-electron chi connectivity index (χ3n) is 3.71. The Morgan fingerprint density at radius 3 is 2.71 bits per heavy atom. The number of nitrogens with one attached hydrogen (secondary N) is 1. The molecule has 0 bridgehead atoms. The van der Waals surface area contributed by atoms with E-state index in [2.05, 4.69) is 10.3 Å². The molecule has 0 aliphatic rings. The summed E-state index contributed by atoms with van der Waals surface area (Å²) in [7, 11) is 1.60. The van der Waals surface area contributed by atoms with Crippen molar-refractivity contribution in [3.05, 3.63) is 69.2 Å². The van der Waals surface area contributed by atoms with Crippen molar-refractivity contribution >= 4 is 39.5 Å². The summed E-state index contributed by atoms with van der Waals surface area (Å²) in [4.78, 5) is 26.8. The van der Waals surface area contributed by atoms with Crippen LogP contribution >= 0.6 is 11.3 Å². The molecule has 0 unspecified atom stereocenters. The van der Waals surface area contributed by atoms with Crippen LogP contribution in [0.25, 0.3) is 0 Å². The van der Waals surface area contributed by atoms with Gasteiger partial charge in [-0.15, -0.1) is 11.3 Å². The first-order valence-corrected chi connectivity index (χ1v) is 8.91. The van der Waals surface area contributed by atoms with Gasteiger partial charge < -0.3 is 20.5 Å². The van der Waals surface area contributed by atoms with Gasteiger partial charge in [0.25, 0.3) is 5.69 Å². The third kappa shape index (κ3) is 4.54. The lowest BCUT2D eigenvalue weighted by Crippen LogP contribution is -2.09. The van der Waals surface area contributed by atoms with Gasteiger partial charge in [-0.3, -0.25) is 10.1 Å². The molecule has 144 valence electrons. The number of methoxy groups -OCH3 is 1. The molecule has 0 aliphatic carbocycles. The Hall–Kier alpha value is -3.66. The Morgan fingerprint density at radius 2 is 2.04 bits per heavy atom. The first-order valence-electron chi connectivity index (χ1n) is 8.03. The monoisotopic (exact) mass is 400 g/mol. The van der Waals surface area contributed by atoms with Crippen molar-refractivity contribution in [2.75, 3.05) is 18.2 Å². The zero-order chi connectivity index (χ0) is 20.1. The summed E-state index contributed by atoms with van der Waals surface area (Å²) >= 11 is 1.35. The van der Waals surface area contributed by atoms with Crippen LogP contribution in [0, 0.1) is 10.1 Å². The van der Waals surface area contributed by atoms with Crippen LogP contribution in [0.3, 0.4) is 0 Å². The van der Waals surface area contributed by atoms with E-state index < -0.39 is 10.9 Å². The zero-order valence-corrected chi connectivity index (χ0v) is 15.6. The average molecular weight is 400 g/mol. The van der Waals surface area contributed by atoms with Crippen molar-refractivity contribution in [2.24, 2.45) is 0 Å². The van der Waals surface area contributed by atoms with Gasteiger partial charge in [0.15, 0.2) is 5.13 Å². The molecule has 3 aromatic rings. The normalized spacial score (nSPS) is 10.3. The Kier molecular flexibility index (Phi) is 5.70. The number of thiazole rings is 1. The fourth-order valence-electron chi connectivity index (χ4n) is 2.28. The number of nitrogens with two attached hydrogens (primary N) is 1. The summed E-state index contributed by atoms with van der Waals surface area (Å²) in [6, 6.07) is 11.0. The van der Waals surface area contributed by atoms with Gasteiger partial charge in [0.1, 0.15) is 12.4 Å². The van der Waals surface area contributed by atoms with E-state index in [1.165, 1.54) is 23.5 Å². The molecule has 0 atom stereocenters. The predicted molar refractivity (Wildman–Crippen MR) is 105 cm³/mol. The van der Waals surface area contributed by atoms with Crippen LogP contribution in [-0.2, 0) is 11.3 Å². The third-order valence-corrected chi connectivity index (χ3v) is 4.52. The van der Waals surface area contributed by atoms with Crippen LogP contribution in [0.5, 0.6) is 5.75 Å². The number of carbonyl (C=O) groups is 1. The topological polar surface area (TPSA) is 130 Å². The van der Waals surface area contributed by atoms with Crippen molar-refractivity contribution in [2.45, 2.75) is 6.61 Å². The number of rotatable bonds is 7. The van der Waals surface area contributed by atoms with Crippen molar-refractivity contribution in [1.82, 2.24) is 4.98 Å². The highest BCUT2D eigenvalue weighted by atomic mass is 32.1. The molecule has 0 saturated carbocycles. The minimum atomic E-state index is -0.751. The molecule has 2 aromatic carbocycles. The van der Waals surface area contributed by atoms with E-state index >= 15 is 0 Å². The van der Waals surface area contributed by atoms with Gasteiger partial charge in [0.2, 0.25) is 0 Å². The maximum Gasteiger partial charge on any atom is 0.340 e. The van der Waals surface area contributed by atoms with Crippen LogP contribution in [0.15, 0.2) is 47.8 Å². The molecule has 0 spiro atoms. The predicted octanol–water partition coefficient (Wildman–Crippen LogP) is 3.74. The summed E-state index contributed by atoms with van der Waals surface area (Å²) in [6.45, 7) is -0.0816. The highest BCUT2D eigenvalue weighted by Crippen LogP contribution is 2.24. The Labute approximate surface area is 163 Å². The molecule has 0 amide bonds. The molecule has 0 radical (unpaired) electrons. The van der Waals surface area contributed by atoms with E-state index in [1.54, 1.807) is 12.5 Å². The Morgan fingerprint density at radius 1 is 1.29 bits per heavy atom. The fraction of sp³-hybridized carbons (Fsp3) is 0.111. The number of nitrogens with zero attached hydrogens (tertiary/aromatic N) is 2. The van der Waals surface area contributed by atoms with E-state index in [-0.39, 0.29) is 23.5 Å². The number of benzene rings is 2. The number of nitrogen functional groups attached to an aromatic ring is 1. The van der Waals surface area contributed by atoms with Gasteiger partial charge in [-0.2, -0.15) is 0 Å². The minimum absolute atomic E-state index is 0.0546. The van der Waals surface area contributed by atoms with Crippen molar-refractivity contribution < 1.29 is 19.2 Å². The summed E-state index contributed by atoms with van der Waals surface area (Å²) in [5.41, 5.74) is 6.91. The van der Waals surface area contributed by atoms with Gasteiger partial charge in [-0.05, 0) is 30.3 Å². The molecule has 3 rings (SSSR count). The summed E-state index contributed by atoms with van der Waals surface area (Å²) in [6.07, 6.45) is 0. The SMILES string of the molecule is COc1ccc(Nc2nc(COC(=O)c3cc([N+](=O)[O-])ccc3N)cs2)cc1. The smallest absolute Gasteiger partial charge is 0.340 e. The summed E-state index contributed by atoms with van der Waals surface area (Å²) < 4.78 is 10.3. The quantitative estimate of drug-likeness (QED) is 0.265. The molecular weight excluding hydrogens is 384 g/mol. The molecule has 1 heterocycles. The van der Waals surface area contributed by atoms with E-state index in [9.17, 15) is 14.9 Å². The van der Waals surface area contributed by atoms with Gasteiger partial charge in [-0.1, -0.05) is 0 Å². The Balaban J connectivity index is 1.61. The van der Waals surface area contributed by atoms with Crippen LogP contribution in [0.1, 0.15) is 16.1 Å². The molecule has 0 fully saturated rings. The van der Waals surface area contributed by atoms with Crippen LogP contribution in [0.2, 0.25) is 0 Å². The number of hydrogen-bond donors (Lipinski definition) is 2. The standard InChI is InChI=1S/C18H16N4O5S/c1-26-14-5-2-11(3-6-14)20-18-21-12(10-28-18)9-27-17(23)15-8-13(22(24)25)4-7-16(15)19/h2-8,10H,9,19H2,1H3,(H,20,21). The molecule has 0 aliphatic heterocycles. The van der Waals surface area contributed by atoms with Crippen LogP contribution in [-0.4, -0.2) is 23.0 Å². The highest BCUT2D eigenvalue weighted by molar-refractivity contribution is 7.13. The molecular formula is C18H16N4O5S. The second-order valence-corrected chi connectivity index (χ2v) is 6.46. The first kappa shape index (κ1) is 19.1. The fourth-order valence-corrected chi connectivity index (χ4v) is 3.00. The lowest BCUT2D eigenvalue weighted by molar-refractivity contribution is -0.384. The zero-order valence-electron chi connectivity index (χ0n) is 14.7. The van der Waals surface area contributed by atoms with Gasteiger partial charge >= 0.3 is 5.97 Å². The number of non-ortho nitro benzene ring substituents is 1. The van der Waals surface area contributed by atoms with Crippen molar-refractivity contribution in [3.8, 4) is 5.75 Å². The molecule has 9 nitrogen and oxygen atoms in total. The largest absolute Gasteiger partial charge is 0.497 e. The number of anilines is 3. The summed E-state index contributed by atoms with van der Waals surface area (Å²) in [5, 5.41) is 16.4. The van der Waals surface area contributed by atoms with Crippen LogP contribution in [0.4, 0.5) is 22.2 Å². The first-order chi connectivity index (χ1) is 13.5. The molecule has 1 aromatic heterocycles. The van der Waals surface area contributed by atoms with E-state index in [4.69, 9.17) is 15.2 Å². The van der Waals surface area contributed by atoms with E-state index in [0.717, 1.165) is 17.5 Å². The number of nitro benzene ring substituents is 1. The maximum atomic E-state index is 12.2. The number of hydrogen-bond acceptors (Lipinski definition) is 9. The van der Waals surface area contributed by atoms with Gasteiger partial charge in [-0.25, -0.2) is 9.78 Å². The van der Waals surface area contributed by atoms with Gasteiger partial charge in [0, 0.05) is 28.9 Å². The Bertz CT molecular complexity index is 1000. The van der Waals surface area contributed by atoms with E-state index in [1.807, 2.05) is 24.3 Å². The number of aromatic nitrogens is 1. The average Bonchev–Trinajstić information content (AvgIpc) is 3.14. The van der Waals surface area contributed by atoms with Crippen LogP contribution < -0.4 is 15.8 Å². The number of esters is 1. The van der Waals surface area contributed by atoms with E-state index in [0.29, 0.717) is 10.8 Å². The number of ether oxygens (including phenoxy) is 2. The van der Waals surface area contributed by atoms with Crippen molar-refractivity contribution in [3.63, 3.8) is 0 Å². The lowest BCUT2D eigenvalue weighted by atomic mass is 10.1. The minimum Gasteiger partial charge on any atom is -0.497 e. The molecule has 28 heavy (non-hydrogen) atoms. The van der Waals surface area contributed by atoms with Crippen molar-refractivity contribution in [1.29, 1.82) is 0 Å². The summed E-state index contributed by atoms with van der Waals surface area (Å²) in [5.74, 6) is -0.00317. The second-order valence-electron chi connectivity index (χ2n) is 5.60. The molecule has 0 saturated heterocycles. The molecule has 3 N–H and O–H groups in total. The lowest BCUT2D eigenvalue weighted by Gasteiger charge is -2.06.